The highest BCUT2D eigenvalue weighted by atomic mass is 16.5. The number of allylic oxidation sites excluding steroid dienone is 3. The van der Waals surface area contributed by atoms with Crippen LogP contribution in [0, 0.1) is 11.8 Å². The predicted octanol–water partition coefficient (Wildman–Crippen LogP) is 3.88. The Bertz CT molecular complexity index is 294. The van der Waals surface area contributed by atoms with Crippen LogP contribution >= 0.6 is 0 Å². The minimum absolute atomic E-state index is 0.172. The first-order valence-corrected chi connectivity index (χ1v) is 6.57. The molecule has 0 heterocycles. The van der Waals surface area contributed by atoms with Gasteiger partial charge in [-0.3, -0.25) is 4.79 Å². The molecule has 0 aromatic rings. The zero-order valence-corrected chi connectivity index (χ0v) is 11.2. The van der Waals surface area contributed by atoms with Crippen LogP contribution in [0.25, 0.3) is 0 Å². The maximum atomic E-state index is 11.0. The maximum absolute atomic E-state index is 11.0. The molecular formula is C15H24O2. The number of carbonyl (C=O) groups excluding carboxylic acids is 1. The molecule has 0 spiro atoms. The van der Waals surface area contributed by atoms with Crippen LogP contribution < -0.4 is 0 Å². The zero-order valence-electron chi connectivity index (χ0n) is 11.2. The van der Waals surface area contributed by atoms with Crippen molar-refractivity contribution >= 4 is 5.97 Å². The number of methoxy groups -OCH3 is 1. The van der Waals surface area contributed by atoms with Gasteiger partial charge in [0.1, 0.15) is 0 Å². The Morgan fingerprint density at radius 3 is 2.47 bits per heavy atom. The summed E-state index contributed by atoms with van der Waals surface area (Å²) in [4.78, 5) is 11.0. The van der Waals surface area contributed by atoms with Crippen LogP contribution in [0.4, 0.5) is 0 Å². The minimum Gasteiger partial charge on any atom is -0.469 e. The van der Waals surface area contributed by atoms with Crippen LogP contribution in [0.15, 0.2) is 23.8 Å². The molecule has 2 nitrogen and oxygen atoms in total. The highest BCUT2D eigenvalue weighted by molar-refractivity contribution is 5.71. The molecule has 1 aliphatic rings. The minimum atomic E-state index is -0.172. The molecule has 2 heteroatoms. The molecule has 0 radical (unpaired) electrons. The fourth-order valence-corrected chi connectivity index (χ4v) is 2.44. The number of rotatable bonds is 4. The molecular weight excluding hydrogens is 212 g/mol. The second-order valence-electron chi connectivity index (χ2n) is 4.93. The number of ether oxygens (including phenoxy) is 1. The summed E-state index contributed by atoms with van der Waals surface area (Å²) in [5.41, 5.74) is 1.38. The monoisotopic (exact) mass is 236 g/mol. The number of carbonyl (C=O) groups is 1. The van der Waals surface area contributed by atoms with E-state index in [0.717, 1.165) is 5.92 Å². The lowest BCUT2D eigenvalue weighted by Gasteiger charge is -2.27. The van der Waals surface area contributed by atoms with Crippen molar-refractivity contribution in [1.29, 1.82) is 0 Å². The molecule has 0 N–H and O–H groups in total. The van der Waals surface area contributed by atoms with Crippen molar-refractivity contribution in [3.8, 4) is 0 Å². The highest BCUT2D eigenvalue weighted by Crippen LogP contribution is 2.33. The molecule has 0 unspecified atom stereocenters. The fourth-order valence-electron chi connectivity index (χ4n) is 2.44. The second-order valence-corrected chi connectivity index (χ2v) is 4.93. The van der Waals surface area contributed by atoms with Crippen molar-refractivity contribution < 1.29 is 9.53 Å². The summed E-state index contributed by atoms with van der Waals surface area (Å²) in [6, 6.07) is 0. The summed E-state index contributed by atoms with van der Waals surface area (Å²) < 4.78 is 4.62. The SMILES string of the molecule is C/C=C(\C=C/CC(=O)OC)C1CCC(C)CC1. The number of hydrogen-bond donors (Lipinski definition) is 0. The van der Waals surface area contributed by atoms with Crippen molar-refractivity contribution in [1.82, 2.24) is 0 Å². The van der Waals surface area contributed by atoms with E-state index in [0.29, 0.717) is 12.3 Å². The van der Waals surface area contributed by atoms with Gasteiger partial charge in [-0.1, -0.05) is 38.0 Å². The Hall–Kier alpha value is -1.05. The average Bonchev–Trinajstić information content (AvgIpc) is 2.35. The van der Waals surface area contributed by atoms with E-state index >= 15 is 0 Å². The Labute approximate surface area is 105 Å². The van der Waals surface area contributed by atoms with Crippen LogP contribution in [0.3, 0.4) is 0 Å². The summed E-state index contributed by atoms with van der Waals surface area (Å²) in [6.45, 7) is 4.41. The lowest BCUT2D eigenvalue weighted by molar-refractivity contribution is -0.139. The summed E-state index contributed by atoms with van der Waals surface area (Å²) >= 11 is 0. The summed E-state index contributed by atoms with van der Waals surface area (Å²) in [5.74, 6) is 1.39. The lowest BCUT2D eigenvalue weighted by Crippen LogP contribution is -2.13. The van der Waals surface area contributed by atoms with E-state index in [-0.39, 0.29) is 5.97 Å². The Morgan fingerprint density at radius 2 is 1.94 bits per heavy atom. The summed E-state index contributed by atoms with van der Waals surface area (Å²) in [6.07, 6.45) is 11.8. The van der Waals surface area contributed by atoms with Crippen LogP contribution in [-0.2, 0) is 9.53 Å². The van der Waals surface area contributed by atoms with E-state index in [1.807, 2.05) is 6.08 Å². The molecule has 0 aromatic heterocycles. The molecule has 0 atom stereocenters. The van der Waals surface area contributed by atoms with Gasteiger partial charge in [0, 0.05) is 0 Å². The lowest BCUT2D eigenvalue weighted by atomic mass is 9.79. The van der Waals surface area contributed by atoms with Crippen molar-refractivity contribution in [2.45, 2.75) is 46.0 Å². The van der Waals surface area contributed by atoms with Crippen LogP contribution in [0.2, 0.25) is 0 Å². The molecule has 0 bridgehead atoms. The summed E-state index contributed by atoms with van der Waals surface area (Å²) in [7, 11) is 1.43. The van der Waals surface area contributed by atoms with Gasteiger partial charge in [-0.25, -0.2) is 0 Å². The van der Waals surface area contributed by atoms with Gasteiger partial charge >= 0.3 is 5.97 Å². The molecule has 1 rings (SSSR count). The molecule has 1 fully saturated rings. The standard InChI is InChI=1S/C15H24O2/c1-4-13(6-5-7-15(16)17-3)14-10-8-12(2)9-11-14/h4-6,12,14H,7-11H2,1-3H3/b6-5-,13-4+. The normalized spacial score (nSPS) is 26.2. The van der Waals surface area contributed by atoms with Gasteiger partial charge in [-0.15, -0.1) is 0 Å². The highest BCUT2D eigenvalue weighted by Gasteiger charge is 2.19. The van der Waals surface area contributed by atoms with E-state index in [9.17, 15) is 4.79 Å². The third-order valence-electron chi connectivity index (χ3n) is 3.64. The molecule has 0 aromatic carbocycles. The molecule has 0 aliphatic heterocycles. The van der Waals surface area contributed by atoms with Gasteiger partial charge in [0.25, 0.3) is 0 Å². The largest absolute Gasteiger partial charge is 0.469 e. The van der Waals surface area contributed by atoms with Crippen molar-refractivity contribution in [3.63, 3.8) is 0 Å². The van der Waals surface area contributed by atoms with Gasteiger partial charge in [0.15, 0.2) is 0 Å². The molecule has 1 aliphatic carbocycles. The maximum Gasteiger partial charge on any atom is 0.309 e. The van der Waals surface area contributed by atoms with E-state index in [2.05, 4.69) is 30.7 Å². The van der Waals surface area contributed by atoms with Crippen LogP contribution in [0.5, 0.6) is 0 Å². The quantitative estimate of drug-likeness (QED) is 0.547. The van der Waals surface area contributed by atoms with Crippen molar-refractivity contribution in [3.05, 3.63) is 23.8 Å². The van der Waals surface area contributed by atoms with E-state index < -0.39 is 0 Å². The Kier molecular flexibility index (Phi) is 6.03. The van der Waals surface area contributed by atoms with Gasteiger partial charge in [0.2, 0.25) is 0 Å². The van der Waals surface area contributed by atoms with Gasteiger partial charge in [-0.05, 0) is 37.2 Å². The first kappa shape index (κ1) is 14.0. The fraction of sp³-hybridized carbons (Fsp3) is 0.667. The average molecular weight is 236 g/mol. The number of hydrogen-bond acceptors (Lipinski definition) is 2. The molecule has 0 saturated heterocycles. The zero-order chi connectivity index (χ0) is 12.7. The van der Waals surface area contributed by atoms with Gasteiger partial charge in [0.05, 0.1) is 13.5 Å². The predicted molar refractivity (Wildman–Crippen MR) is 70.7 cm³/mol. The first-order chi connectivity index (χ1) is 8.17. The first-order valence-electron chi connectivity index (χ1n) is 6.57. The van der Waals surface area contributed by atoms with E-state index in [4.69, 9.17) is 0 Å². The second kappa shape index (κ2) is 7.31. The Balaban J connectivity index is 2.46. The van der Waals surface area contributed by atoms with Crippen LogP contribution in [0.1, 0.15) is 46.0 Å². The number of esters is 1. The van der Waals surface area contributed by atoms with Gasteiger partial charge in [-0.2, -0.15) is 0 Å². The van der Waals surface area contributed by atoms with E-state index in [1.54, 1.807) is 0 Å². The van der Waals surface area contributed by atoms with Crippen molar-refractivity contribution in [2.24, 2.45) is 11.8 Å². The molecule has 1 saturated carbocycles. The Morgan fingerprint density at radius 1 is 1.29 bits per heavy atom. The third kappa shape index (κ3) is 4.76. The summed E-state index contributed by atoms with van der Waals surface area (Å²) in [5, 5.41) is 0. The molecule has 0 amide bonds. The third-order valence-corrected chi connectivity index (χ3v) is 3.64. The molecule has 96 valence electrons. The molecule has 17 heavy (non-hydrogen) atoms. The smallest absolute Gasteiger partial charge is 0.309 e. The topological polar surface area (TPSA) is 26.3 Å². The van der Waals surface area contributed by atoms with Crippen LogP contribution in [-0.4, -0.2) is 13.1 Å². The van der Waals surface area contributed by atoms with E-state index in [1.165, 1.54) is 38.4 Å². The van der Waals surface area contributed by atoms with Crippen molar-refractivity contribution in [2.75, 3.05) is 7.11 Å². The van der Waals surface area contributed by atoms with Gasteiger partial charge < -0.3 is 4.74 Å².